The van der Waals surface area contributed by atoms with Gasteiger partial charge in [-0.15, -0.1) is 0 Å². The molecule has 2 heterocycles. The summed E-state index contributed by atoms with van der Waals surface area (Å²) in [5.74, 6) is 0.443. The molecule has 1 aliphatic heterocycles. The molecular weight excluding hydrogens is 360 g/mol. The average molecular weight is 387 g/mol. The number of thioether (sulfide) groups is 1. The number of pyridine rings is 1. The lowest BCUT2D eigenvalue weighted by molar-refractivity contribution is -0.118. The molecule has 2 aromatic rings. The Morgan fingerprint density at radius 3 is 2.67 bits per heavy atom. The van der Waals surface area contributed by atoms with E-state index in [0.717, 1.165) is 41.4 Å². The number of hydrogen-bond donors (Lipinski definition) is 1. The first-order valence-electron chi connectivity index (χ1n) is 10.1. The van der Waals surface area contributed by atoms with Crippen LogP contribution in [-0.2, 0) is 24.1 Å². The summed E-state index contributed by atoms with van der Waals surface area (Å²) in [6, 6.07) is 7.87. The van der Waals surface area contributed by atoms with Crippen LogP contribution < -0.4 is 10.1 Å². The molecule has 5 nitrogen and oxygen atoms in total. The lowest BCUT2D eigenvalue weighted by Gasteiger charge is -2.10. The van der Waals surface area contributed by atoms with Gasteiger partial charge in [0, 0.05) is 17.8 Å². The van der Waals surface area contributed by atoms with Gasteiger partial charge in [0.2, 0.25) is 5.91 Å². The van der Waals surface area contributed by atoms with Crippen molar-refractivity contribution in [2.24, 2.45) is 0 Å². The molecular formula is C21H24N2O3S. The largest absolute Gasteiger partial charge is 0.493 e. The molecule has 0 aliphatic carbocycles. The number of carbonyl (C=O) groups is 2. The molecule has 1 atom stereocenters. The van der Waals surface area contributed by atoms with Crippen molar-refractivity contribution >= 4 is 22.9 Å². The second-order valence-electron chi connectivity index (χ2n) is 6.45. The summed E-state index contributed by atoms with van der Waals surface area (Å²) in [5, 5.41) is 1.61. The summed E-state index contributed by atoms with van der Waals surface area (Å²) >= 11 is 1.02. The number of amides is 2. The number of nitrogens with one attached hydrogen (secondary N) is 1. The van der Waals surface area contributed by atoms with Gasteiger partial charge in [-0.2, -0.15) is 0 Å². The van der Waals surface area contributed by atoms with Crippen molar-refractivity contribution in [2.75, 3.05) is 6.61 Å². The van der Waals surface area contributed by atoms with Gasteiger partial charge in [-0.25, -0.2) is 0 Å². The molecule has 1 N–H and O–H groups in total. The zero-order chi connectivity index (χ0) is 21.0. The third kappa shape index (κ3) is 5.32. The Kier molecular flexibility index (Phi) is 5.63. The van der Waals surface area contributed by atoms with Crippen LogP contribution in [0.25, 0.3) is 0 Å². The van der Waals surface area contributed by atoms with E-state index in [1.807, 2.05) is 31.2 Å². The molecule has 142 valence electrons. The molecule has 27 heavy (non-hydrogen) atoms. The van der Waals surface area contributed by atoms with E-state index in [0.29, 0.717) is 30.9 Å². The van der Waals surface area contributed by atoms with Crippen molar-refractivity contribution in [1.29, 1.82) is 0 Å². The predicted octanol–water partition coefficient (Wildman–Crippen LogP) is 3.86. The lowest BCUT2D eigenvalue weighted by atomic mass is 10.1. The van der Waals surface area contributed by atoms with Crippen LogP contribution >= 0.6 is 11.8 Å². The first-order valence-corrected chi connectivity index (χ1v) is 9.95. The molecule has 0 bridgehead atoms. The predicted molar refractivity (Wildman–Crippen MR) is 107 cm³/mol. The zero-order valence-electron chi connectivity index (χ0n) is 17.5. The van der Waals surface area contributed by atoms with Crippen molar-refractivity contribution in [3.63, 3.8) is 0 Å². The maximum atomic E-state index is 11.7. The quantitative estimate of drug-likeness (QED) is 0.746. The van der Waals surface area contributed by atoms with Crippen LogP contribution in [0.15, 0.2) is 36.4 Å². The SMILES string of the molecule is [2H]c1c(CCOc2ccc(CC3SC(=O)NC3=O)cc2)nc(C)c(CCC)c1[2H]. The summed E-state index contributed by atoms with van der Waals surface area (Å²) in [5.41, 5.74) is 3.21. The molecule has 2 amide bonds. The third-order valence-corrected chi connectivity index (χ3v) is 5.30. The Balaban J connectivity index is 1.56. The van der Waals surface area contributed by atoms with Gasteiger partial charge in [0.15, 0.2) is 0 Å². The standard InChI is InChI=1S/C21H24N2O3S/c1-3-4-16-7-8-17(22-14(16)2)11-12-26-18-9-5-15(6-10-18)13-19-20(24)23-21(25)27-19/h5-10,19H,3-4,11-13H2,1-2H3,(H,23,24,25)/i7D,8D. The highest BCUT2D eigenvalue weighted by Gasteiger charge is 2.31. The number of hydrogen-bond acceptors (Lipinski definition) is 5. The van der Waals surface area contributed by atoms with Crippen molar-refractivity contribution in [1.82, 2.24) is 10.3 Å². The second-order valence-corrected chi connectivity index (χ2v) is 7.63. The van der Waals surface area contributed by atoms with Crippen molar-refractivity contribution < 1.29 is 17.1 Å². The van der Waals surface area contributed by atoms with E-state index in [-0.39, 0.29) is 28.5 Å². The highest BCUT2D eigenvalue weighted by Crippen LogP contribution is 2.24. The Morgan fingerprint density at radius 1 is 1.22 bits per heavy atom. The number of aromatic nitrogens is 1. The molecule has 1 aromatic heterocycles. The van der Waals surface area contributed by atoms with E-state index >= 15 is 0 Å². The first kappa shape index (κ1) is 16.8. The van der Waals surface area contributed by atoms with Crippen LogP contribution in [0.3, 0.4) is 0 Å². The van der Waals surface area contributed by atoms with Crippen LogP contribution in [0.4, 0.5) is 4.79 Å². The highest BCUT2D eigenvalue weighted by atomic mass is 32.2. The van der Waals surface area contributed by atoms with Crippen LogP contribution in [0, 0.1) is 6.92 Å². The fraction of sp³-hybridized carbons (Fsp3) is 0.381. The van der Waals surface area contributed by atoms with Gasteiger partial charge in [0.25, 0.3) is 5.24 Å². The number of imide groups is 1. The van der Waals surface area contributed by atoms with Crippen LogP contribution in [-0.4, -0.2) is 28.0 Å². The Bertz CT molecular complexity index is 919. The summed E-state index contributed by atoms with van der Waals surface area (Å²) < 4.78 is 22.2. The monoisotopic (exact) mass is 386 g/mol. The minimum atomic E-state index is -0.381. The molecule has 1 aromatic carbocycles. The van der Waals surface area contributed by atoms with Crippen LogP contribution in [0.2, 0.25) is 0 Å². The zero-order valence-corrected chi connectivity index (χ0v) is 16.3. The number of benzene rings is 1. The molecule has 0 saturated carbocycles. The minimum Gasteiger partial charge on any atom is -0.493 e. The van der Waals surface area contributed by atoms with Gasteiger partial charge in [-0.05, 0) is 49.1 Å². The lowest BCUT2D eigenvalue weighted by Crippen LogP contribution is -2.25. The molecule has 1 saturated heterocycles. The second kappa shape index (κ2) is 9.04. The molecule has 1 unspecified atom stereocenters. The third-order valence-electron chi connectivity index (χ3n) is 4.32. The Morgan fingerprint density at radius 2 is 2.00 bits per heavy atom. The molecule has 6 heteroatoms. The molecule has 1 fully saturated rings. The van der Waals surface area contributed by atoms with Crippen LogP contribution in [0.5, 0.6) is 5.75 Å². The van der Waals surface area contributed by atoms with Gasteiger partial charge in [-0.3, -0.25) is 19.9 Å². The van der Waals surface area contributed by atoms with E-state index in [1.165, 1.54) is 0 Å². The van der Waals surface area contributed by atoms with E-state index in [1.54, 1.807) is 0 Å². The summed E-state index contributed by atoms with van der Waals surface area (Å²) in [7, 11) is 0. The van der Waals surface area contributed by atoms with Gasteiger partial charge in [0.1, 0.15) is 5.75 Å². The van der Waals surface area contributed by atoms with E-state index in [4.69, 9.17) is 7.48 Å². The van der Waals surface area contributed by atoms with E-state index in [9.17, 15) is 9.59 Å². The van der Waals surface area contributed by atoms with Gasteiger partial charge < -0.3 is 4.74 Å². The average Bonchev–Trinajstić information content (AvgIpc) is 3.01. The Hall–Kier alpha value is -2.34. The summed E-state index contributed by atoms with van der Waals surface area (Å²) in [6.45, 7) is 4.30. The minimum absolute atomic E-state index is 0.180. The molecule has 1 aliphatic rings. The first-order chi connectivity index (χ1) is 13.9. The number of ether oxygens (including phenoxy) is 1. The maximum absolute atomic E-state index is 11.7. The number of aryl methyl sites for hydroxylation is 1. The summed E-state index contributed by atoms with van der Waals surface area (Å²) in [6.07, 6.45) is 2.64. The number of carbonyl (C=O) groups excluding carboxylic acids is 2. The molecule has 3 rings (SSSR count). The van der Waals surface area contributed by atoms with Crippen molar-refractivity contribution in [3.8, 4) is 5.75 Å². The van der Waals surface area contributed by atoms with Gasteiger partial charge in [0.05, 0.1) is 14.6 Å². The fourth-order valence-electron chi connectivity index (χ4n) is 2.88. The van der Waals surface area contributed by atoms with Gasteiger partial charge >= 0.3 is 0 Å². The van der Waals surface area contributed by atoms with E-state index in [2.05, 4.69) is 17.2 Å². The van der Waals surface area contributed by atoms with E-state index < -0.39 is 0 Å². The highest BCUT2D eigenvalue weighted by molar-refractivity contribution is 8.15. The number of nitrogens with zero attached hydrogens (tertiary/aromatic N) is 1. The maximum Gasteiger partial charge on any atom is 0.286 e. The Labute approximate surface area is 166 Å². The topological polar surface area (TPSA) is 68.3 Å². The molecule has 0 radical (unpaired) electrons. The van der Waals surface area contributed by atoms with Crippen LogP contribution in [0.1, 0.15) is 38.6 Å². The van der Waals surface area contributed by atoms with Gasteiger partial charge in [-0.1, -0.05) is 43.3 Å². The smallest absolute Gasteiger partial charge is 0.286 e. The van der Waals surface area contributed by atoms with Crippen molar-refractivity contribution in [3.05, 3.63) is 58.9 Å². The fourth-order valence-corrected chi connectivity index (χ4v) is 3.74. The number of rotatable bonds is 8. The van der Waals surface area contributed by atoms with Crippen molar-refractivity contribution in [2.45, 2.75) is 44.8 Å². The normalized spacial score (nSPS) is 17.5. The summed E-state index contributed by atoms with van der Waals surface area (Å²) in [4.78, 5) is 27.4. The molecule has 0 spiro atoms.